The fraction of sp³-hybridized carbons (Fsp3) is 0.556. The Bertz CT molecular complexity index is 690. The zero-order valence-electron chi connectivity index (χ0n) is 15.2. The molecule has 0 aliphatic heterocycles. The van der Waals surface area contributed by atoms with Crippen molar-refractivity contribution in [3.8, 4) is 5.75 Å². The van der Waals surface area contributed by atoms with Crippen LogP contribution in [0.1, 0.15) is 49.9 Å². The predicted octanol–water partition coefficient (Wildman–Crippen LogP) is 2.84. The van der Waals surface area contributed by atoms with E-state index in [2.05, 4.69) is 12.2 Å². The molecule has 142 valence electrons. The van der Waals surface area contributed by atoms with Crippen LogP contribution in [0.4, 0.5) is 5.69 Å². The Kier molecular flexibility index (Phi) is 6.54. The van der Waals surface area contributed by atoms with Crippen LogP contribution >= 0.6 is 0 Å². The summed E-state index contributed by atoms with van der Waals surface area (Å²) in [6, 6.07) is 3.71. The lowest BCUT2D eigenvalue weighted by Crippen LogP contribution is -2.46. The van der Waals surface area contributed by atoms with Crippen molar-refractivity contribution in [2.45, 2.75) is 51.7 Å². The number of nitrogens with zero attached hydrogens (tertiary/aromatic N) is 1. The lowest BCUT2D eigenvalue weighted by Gasteiger charge is -2.30. The average molecular weight is 364 g/mol. The van der Waals surface area contributed by atoms with Gasteiger partial charge in [0.2, 0.25) is 0 Å². The summed E-state index contributed by atoms with van der Waals surface area (Å²) in [5, 5.41) is 13.8. The molecule has 1 amide bonds. The van der Waals surface area contributed by atoms with E-state index in [9.17, 15) is 19.7 Å². The maximum absolute atomic E-state index is 12.4. The molecule has 26 heavy (non-hydrogen) atoms. The highest BCUT2D eigenvalue weighted by Gasteiger charge is 2.27. The molecule has 2 rings (SSSR count). The zero-order valence-corrected chi connectivity index (χ0v) is 15.2. The van der Waals surface area contributed by atoms with Gasteiger partial charge in [-0.1, -0.05) is 19.8 Å². The Labute approximate surface area is 152 Å². The van der Waals surface area contributed by atoms with Gasteiger partial charge in [0, 0.05) is 18.2 Å². The van der Waals surface area contributed by atoms with Crippen molar-refractivity contribution >= 4 is 17.6 Å². The van der Waals surface area contributed by atoms with Crippen LogP contribution in [0.2, 0.25) is 0 Å². The van der Waals surface area contributed by atoms with E-state index in [0.29, 0.717) is 5.92 Å². The summed E-state index contributed by atoms with van der Waals surface area (Å²) in [6.07, 6.45) is 3.18. The fourth-order valence-electron chi connectivity index (χ4n) is 3.08. The van der Waals surface area contributed by atoms with Crippen LogP contribution in [0, 0.1) is 16.0 Å². The van der Waals surface area contributed by atoms with Crippen molar-refractivity contribution < 1.29 is 24.0 Å². The number of nitrogens with one attached hydrogen (secondary N) is 1. The minimum Gasteiger partial charge on any atom is -0.496 e. The Morgan fingerprint density at radius 2 is 2.00 bits per heavy atom. The second kappa shape index (κ2) is 8.64. The molecule has 0 radical (unpaired) electrons. The van der Waals surface area contributed by atoms with Crippen molar-refractivity contribution in [2.75, 3.05) is 7.11 Å². The van der Waals surface area contributed by atoms with Gasteiger partial charge in [-0.2, -0.15) is 0 Å². The number of ether oxygens (including phenoxy) is 2. The van der Waals surface area contributed by atoms with Crippen molar-refractivity contribution in [3.63, 3.8) is 0 Å². The van der Waals surface area contributed by atoms with E-state index in [1.165, 1.54) is 26.2 Å². The van der Waals surface area contributed by atoms with E-state index in [4.69, 9.17) is 9.47 Å². The maximum atomic E-state index is 12.4. The minimum absolute atomic E-state index is 0.0738. The molecule has 0 aromatic heterocycles. The third-order valence-electron chi connectivity index (χ3n) is 4.71. The predicted molar refractivity (Wildman–Crippen MR) is 94.1 cm³/mol. The largest absolute Gasteiger partial charge is 0.496 e. The number of carbonyl (C=O) groups excluding carboxylic acids is 2. The molecule has 8 nitrogen and oxygen atoms in total. The average Bonchev–Trinajstić information content (AvgIpc) is 2.62. The Morgan fingerprint density at radius 1 is 1.31 bits per heavy atom. The van der Waals surface area contributed by atoms with Gasteiger partial charge in [0.05, 0.1) is 12.0 Å². The first-order valence-corrected chi connectivity index (χ1v) is 8.67. The van der Waals surface area contributed by atoms with Crippen LogP contribution < -0.4 is 10.1 Å². The molecule has 3 atom stereocenters. The van der Waals surface area contributed by atoms with Gasteiger partial charge in [-0.15, -0.1) is 0 Å². The normalized spacial score (nSPS) is 20.7. The van der Waals surface area contributed by atoms with E-state index in [0.717, 1.165) is 31.7 Å². The molecule has 1 N–H and O–H groups in total. The summed E-state index contributed by atoms with van der Waals surface area (Å²) < 4.78 is 10.3. The van der Waals surface area contributed by atoms with Crippen molar-refractivity contribution in [1.82, 2.24) is 5.32 Å². The Hall–Kier alpha value is -2.64. The van der Waals surface area contributed by atoms with Crippen LogP contribution in [0.5, 0.6) is 5.75 Å². The second-order valence-electron chi connectivity index (χ2n) is 6.57. The summed E-state index contributed by atoms with van der Waals surface area (Å²) in [5.41, 5.74) is -0.349. The smallest absolute Gasteiger partial charge is 0.342 e. The molecule has 1 aliphatic rings. The maximum Gasteiger partial charge on any atom is 0.342 e. The highest BCUT2D eigenvalue weighted by atomic mass is 16.6. The molecular weight excluding hydrogens is 340 g/mol. The molecule has 1 aliphatic carbocycles. The molecule has 0 saturated heterocycles. The molecular formula is C18H24N2O6. The van der Waals surface area contributed by atoms with Gasteiger partial charge in [0.25, 0.3) is 11.6 Å². The van der Waals surface area contributed by atoms with E-state index in [1.807, 2.05) is 0 Å². The summed E-state index contributed by atoms with van der Waals surface area (Å²) in [5.74, 6) is -0.687. The molecule has 1 saturated carbocycles. The Balaban J connectivity index is 2.05. The Morgan fingerprint density at radius 3 is 2.62 bits per heavy atom. The molecule has 0 unspecified atom stereocenters. The van der Waals surface area contributed by atoms with E-state index in [-0.39, 0.29) is 28.9 Å². The number of carbonyl (C=O) groups is 2. The molecule has 0 bridgehead atoms. The SMILES string of the molecule is COc1ccc([N+](=O)[O-])cc1C(=O)O[C@H](C)C(=O)N[C@@H]1CCCC[C@H]1C. The van der Waals surface area contributed by atoms with Gasteiger partial charge in [-0.3, -0.25) is 14.9 Å². The number of hydrogen-bond acceptors (Lipinski definition) is 6. The van der Waals surface area contributed by atoms with Crippen molar-refractivity contribution in [3.05, 3.63) is 33.9 Å². The summed E-state index contributed by atoms with van der Waals surface area (Å²) >= 11 is 0. The topological polar surface area (TPSA) is 108 Å². The number of methoxy groups -OCH3 is 1. The zero-order chi connectivity index (χ0) is 19.3. The van der Waals surface area contributed by atoms with Crippen LogP contribution in [0.25, 0.3) is 0 Å². The number of esters is 1. The molecule has 8 heteroatoms. The third kappa shape index (κ3) is 4.71. The molecule has 1 fully saturated rings. The fourth-order valence-corrected chi connectivity index (χ4v) is 3.08. The molecule has 0 spiro atoms. The lowest BCUT2D eigenvalue weighted by atomic mass is 9.86. The first kappa shape index (κ1) is 19.7. The molecule has 1 aromatic rings. The van der Waals surface area contributed by atoms with Crippen LogP contribution in [-0.2, 0) is 9.53 Å². The van der Waals surface area contributed by atoms with E-state index < -0.39 is 17.0 Å². The highest BCUT2D eigenvalue weighted by Crippen LogP contribution is 2.26. The number of nitro groups is 1. The minimum atomic E-state index is -1.01. The van der Waals surface area contributed by atoms with Crippen molar-refractivity contribution in [2.24, 2.45) is 5.92 Å². The van der Waals surface area contributed by atoms with E-state index >= 15 is 0 Å². The van der Waals surface area contributed by atoms with Crippen LogP contribution in [0.3, 0.4) is 0 Å². The molecule has 1 aromatic carbocycles. The third-order valence-corrected chi connectivity index (χ3v) is 4.71. The van der Waals surface area contributed by atoms with Crippen LogP contribution in [-0.4, -0.2) is 36.1 Å². The van der Waals surface area contributed by atoms with Crippen LogP contribution in [0.15, 0.2) is 18.2 Å². The second-order valence-corrected chi connectivity index (χ2v) is 6.57. The number of non-ortho nitro benzene ring substituents is 1. The lowest BCUT2D eigenvalue weighted by molar-refractivity contribution is -0.384. The van der Waals surface area contributed by atoms with Gasteiger partial charge in [-0.25, -0.2) is 4.79 Å². The number of benzene rings is 1. The number of hydrogen-bond donors (Lipinski definition) is 1. The summed E-state index contributed by atoms with van der Waals surface area (Å²) in [4.78, 5) is 35.0. The van der Waals surface area contributed by atoms with Gasteiger partial charge >= 0.3 is 5.97 Å². The van der Waals surface area contributed by atoms with Gasteiger partial charge in [0.1, 0.15) is 11.3 Å². The van der Waals surface area contributed by atoms with Crippen molar-refractivity contribution in [1.29, 1.82) is 0 Å². The number of nitro benzene ring substituents is 1. The van der Waals surface area contributed by atoms with Gasteiger partial charge < -0.3 is 14.8 Å². The van der Waals surface area contributed by atoms with Gasteiger partial charge in [0.15, 0.2) is 6.10 Å². The quantitative estimate of drug-likeness (QED) is 0.472. The highest BCUT2D eigenvalue weighted by molar-refractivity contribution is 5.95. The summed E-state index contributed by atoms with van der Waals surface area (Å²) in [7, 11) is 1.35. The first-order valence-electron chi connectivity index (χ1n) is 8.67. The van der Waals surface area contributed by atoms with Gasteiger partial charge in [-0.05, 0) is 31.7 Å². The summed E-state index contributed by atoms with van der Waals surface area (Å²) in [6.45, 7) is 3.57. The number of rotatable bonds is 6. The number of amides is 1. The first-order chi connectivity index (χ1) is 12.3. The molecule has 0 heterocycles. The van der Waals surface area contributed by atoms with E-state index in [1.54, 1.807) is 0 Å². The monoisotopic (exact) mass is 364 g/mol. The standard InChI is InChI=1S/C18H24N2O6/c1-11-6-4-5-7-15(11)19-17(21)12(2)26-18(22)14-10-13(20(23)24)8-9-16(14)25-3/h8-12,15H,4-7H2,1-3H3,(H,19,21)/t11-,12-,15-/m1/s1.